The Morgan fingerprint density at radius 2 is 1.55 bits per heavy atom. The van der Waals surface area contributed by atoms with Crippen LogP contribution in [0.25, 0.3) is 0 Å². The summed E-state index contributed by atoms with van der Waals surface area (Å²) < 4.78 is 14.1. The summed E-state index contributed by atoms with van der Waals surface area (Å²) in [6.07, 6.45) is 2.04. The number of hydrogen-bond donors (Lipinski definition) is 3. The molecule has 2 aromatic carbocycles. The van der Waals surface area contributed by atoms with E-state index in [1.54, 1.807) is 11.8 Å². The van der Waals surface area contributed by atoms with E-state index < -0.39 is 14.3 Å². The van der Waals surface area contributed by atoms with Gasteiger partial charge in [-0.25, -0.2) is 0 Å². The highest BCUT2D eigenvalue weighted by atomic mass is 32.2. The van der Waals surface area contributed by atoms with E-state index in [0.29, 0.717) is 12.4 Å². The number of benzene rings is 2. The lowest BCUT2D eigenvalue weighted by molar-refractivity contribution is -0.542. The van der Waals surface area contributed by atoms with E-state index >= 15 is 0 Å². The van der Waals surface area contributed by atoms with Gasteiger partial charge in [0.25, 0.3) is 8.32 Å². The molecule has 3 N–H and O–H groups in total. The maximum atomic E-state index is 12.0. The van der Waals surface area contributed by atoms with Crippen LogP contribution >= 0.6 is 11.8 Å². The third-order valence-electron chi connectivity index (χ3n) is 7.62. The van der Waals surface area contributed by atoms with E-state index in [0.717, 1.165) is 37.6 Å². The lowest BCUT2D eigenvalue weighted by Gasteiger charge is -2.44. The van der Waals surface area contributed by atoms with Gasteiger partial charge in [0.2, 0.25) is 5.91 Å². The van der Waals surface area contributed by atoms with Crippen LogP contribution in [0.3, 0.4) is 0 Å². The minimum absolute atomic E-state index is 0.0574. The fraction of sp³-hybridized carbons (Fsp3) is 0.500. The van der Waals surface area contributed by atoms with E-state index in [1.165, 1.54) is 17.5 Å². The molecule has 0 aliphatic carbocycles. The van der Waals surface area contributed by atoms with Crippen LogP contribution < -0.4 is 26.3 Å². The zero-order valence-corrected chi connectivity index (χ0v) is 25.9. The van der Waals surface area contributed by atoms with Crippen LogP contribution in [0, 0.1) is 0 Å². The predicted octanol–water partition coefficient (Wildman–Crippen LogP) is 1.68. The highest BCUT2D eigenvalue weighted by Crippen LogP contribution is 2.37. The van der Waals surface area contributed by atoms with Crippen LogP contribution in [0.1, 0.15) is 33.6 Å². The molecule has 216 valence electrons. The monoisotopic (exact) mass is 583 g/mol. The van der Waals surface area contributed by atoms with Gasteiger partial charge in [0.15, 0.2) is 0 Å². The molecule has 2 atom stereocenters. The van der Waals surface area contributed by atoms with Crippen molar-refractivity contribution in [3.8, 4) is 0 Å². The van der Waals surface area contributed by atoms with Gasteiger partial charge in [-0.15, -0.1) is 11.8 Å². The van der Waals surface area contributed by atoms with Gasteiger partial charge in [-0.2, -0.15) is 0 Å². The zero-order chi connectivity index (χ0) is 28.6. The van der Waals surface area contributed by atoms with Gasteiger partial charge in [0.05, 0.1) is 44.6 Å². The van der Waals surface area contributed by atoms with E-state index in [9.17, 15) is 9.59 Å². The number of nitrogens with one attached hydrogen (secondary N) is 3. The third-order valence-corrected chi connectivity index (χ3v) is 13.7. The Morgan fingerprint density at radius 1 is 0.975 bits per heavy atom. The van der Waals surface area contributed by atoms with Crippen molar-refractivity contribution in [3.05, 3.63) is 60.7 Å². The molecule has 0 aromatic heterocycles. The number of thioether (sulfide) groups is 1. The summed E-state index contributed by atoms with van der Waals surface area (Å²) >= 11 is 1.57. The fourth-order valence-corrected chi connectivity index (χ4v) is 11.1. The first kappa shape index (κ1) is 30.1. The Kier molecular flexibility index (Phi) is 10.3. The van der Waals surface area contributed by atoms with Gasteiger partial charge in [-0.3, -0.25) is 24.8 Å². The molecule has 10 heteroatoms. The van der Waals surface area contributed by atoms with Crippen molar-refractivity contribution >= 4 is 48.3 Å². The maximum absolute atomic E-state index is 12.0. The number of nitrogens with zero attached hydrogens (tertiary/aromatic N) is 1. The lowest BCUT2D eigenvalue weighted by atomic mass is 10.1. The second-order valence-electron chi connectivity index (χ2n) is 11.4. The number of esters is 1. The molecule has 0 radical (unpaired) electrons. The molecular formula is C30H43N4O4SSi+. The SMILES string of the molecule is COC(=O)CNC(=O)CSCC1CC[N+]2=C(NC(CO[Si](c3ccccc3)(c3ccccc3)C(C)(C)C)CC2)N1. The zero-order valence-electron chi connectivity index (χ0n) is 24.1. The molecule has 40 heavy (non-hydrogen) atoms. The highest BCUT2D eigenvalue weighted by Gasteiger charge is 2.50. The molecule has 0 fully saturated rings. The standard InChI is InChI=1S/C30H42N4O4SSi/c1-30(2,3)40(25-11-7-5-8-12-25,26-13-9-6-10-14-26)38-20-23-15-17-34-18-16-24(33-29(34)32-23)21-39-22-27(35)31-19-28(36)37-4/h5-14,23-24H,15-22H2,1-4H3,(H2,31,32,33,35)/p+1. The molecule has 2 heterocycles. The molecule has 0 bridgehead atoms. The molecule has 1 amide bonds. The summed E-state index contributed by atoms with van der Waals surface area (Å²) in [6, 6.07) is 22.0. The van der Waals surface area contributed by atoms with Gasteiger partial charge < -0.3 is 14.5 Å². The minimum atomic E-state index is -2.59. The van der Waals surface area contributed by atoms with Crippen LogP contribution in [-0.4, -0.2) is 87.7 Å². The van der Waals surface area contributed by atoms with Crippen LogP contribution in [0.2, 0.25) is 5.04 Å². The number of guanidine groups is 1. The molecule has 0 saturated carbocycles. The Balaban J connectivity index is 1.38. The molecule has 8 nitrogen and oxygen atoms in total. The van der Waals surface area contributed by atoms with Crippen molar-refractivity contribution in [1.29, 1.82) is 0 Å². The average molecular weight is 584 g/mol. The lowest BCUT2D eigenvalue weighted by Crippen LogP contribution is -2.68. The van der Waals surface area contributed by atoms with Crippen molar-refractivity contribution in [1.82, 2.24) is 16.0 Å². The minimum Gasteiger partial charge on any atom is -0.468 e. The van der Waals surface area contributed by atoms with Crippen LogP contribution in [-0.2, 0) is 18.8 Å². The van der Waals surface area contributed by atoms with Gasteiger partial charge in [0, 0.05) is 18.6 Å². The first-order valence-electron chi connectivity index (χ1n) is 14.0. The normalized spacial score (nSPS) is 19.2. The first-order chi connectivity index (χ1) is 19.2. The van der Waals surface area contributed by atoms with E-state index in [2.05, 4.69) is 107 Å². The first-order valence-corrected chi connectivity index (χ1v) is 17.1. The Labute approximate surface area is 243 Å². The van der Waals surface area contributed by atoms with Gasteiger partial charge in [0.1, 0.15) is 6.54 Å². The number of methoxy groups -OCH3 is 1. The van der Waals surface area contributed by atoms with Crippen molar-refractivity contribution in [2.24, 2.45) is 0 Å². The second kappa shape index (κ2) is 13.7. The fourth-order valence-electron chi connectivity index (χ4n) is 5.54. The molecule has 2 aromatic rings. The van der Waals surface area contributed by atoms with Crippen LogP contribution in [0.15, 0.2) is 60.7 Å². The summed E-state index contributed by atoms with van der Waals surface area (Å²) in [6.45, 7) is 9.44. The summed E-state index contributed by atoms with van der Waals surface area (Å²) in [5.41, 5.74) is 0. The summed E-state index contributed by atoms with van der Waals surface area (Å²) in [5.74, 6) is 1.59. The highest BCUT2D eigenvalue weighted by molar-refractivity contribution is 8.00. The molecule has 4 rings (SSSR count). The number of amides is 1. The molecular weight excluding hydrogens is 541 g/mol. The molecule has 0 saturated heterocycles. The Bertz CT molecular complexity index is 1130. The van der Waals surface area contributed by atoms with Crippen molar-refractivity contribution in [2.45, 2.75) is 50.7 Å². The van der Waals surface area contributed by atoms with Gasteiger partial charge in [-0.05, 0) is 15.4 Å². The number of rotatable bonds is 11. The largest absolute Gasteiger partial charge is 0.468 e. The van der Waals surface area contributed by atoms with Crippen molar-refractivity contribution < 1.29 is 23.3 Å². The summed E-state index contributed by atoms with van der Waals surface area (Å²) in [5, 5.41) is 12.5. The Morgan fingerprint density at radius 3 is 2.12 bits per heavy atom. The summed E-state index contributed by atoms with van der Waals surface area (Å²) in [7, 11) is -1.28. The maximum Gasteiger partial charge on any atom is 0.346 e. The van der Waals surface area contributed by atoms with Crippen molar-refractivity contribution in [2.75, 3.05) is 44.9 Å². The molecule has 2 aliphatic heterocycles. The smallest absolute Gasteiger partial charge is 0.346 e. The molecule has 0 spiro atoms. The quantitative estimate of drug-likeness (QED) is 0.211. The number of carbonyl (C=O) groups excluding carboxylic acids is 2. The van der Waals surface area contributed by atoms with E-state index in [1.807, 2.05) is 0 Å². The average Bonchev–Trinajstić information content (AvgIpc) is 2.96. The molecule has 2 unspecified atom stereocenters. The number of hydrogen-bond acceptors (Lipinski definition) is 7. The van der Waals surface area contributed by atoms with Crippen molar-refractivity contribution in [3.63, 3.8) is 0 Å². The van der Waals surface area contributed by atoms with Crippen LogP contribution in [0.4, 0.5) is 0 Å². The topological polar surface area (TPSA) is 91.7 Å². The third kappa shape index (κ3) is 7.27. The van der Waals surface area contributed by atoms with Gasteiger partial charge in [-0.1, -0.05) is 81.4 Å². The van der Waals surface area contributed by atoms with Crippen LogP contribution in [0.5, 0.6) is 0 Å². The van der Waals surface area contributed by atoms with E-state index in [-0.39, 0.29) is 29.6 Å². The molecule has 2 aliphatic rings. The van der Waals surface area contributed by atoms with Gasteiger partial charge >= 0.3 is 11.9 Å². The second-order valence-corrected chi connectivity index (χ2v) is 16.8. The van der Waals surface area contributed by atoms with E-state index in [4.69, 9.17) is 4.43 Å². The predicted molar refractivity (Wildman–Crippen MR) is 164 cm³/mol. The number of carbonyl (C=O) groups is 2. The summed E-state index contributed by atoms with van der Waals surface area (Å²) in [4.78, 5) is 23.2. The number of ether oxygens (including phenoxy) is 1. The Hall–Kier alpha value is -2.82.